The molecule has 1 aliphatic rings. The van der Waals surface area contributed by atoms with Gasteiger partial charge in [0.25, 0.3) is 0 Å². The first-order valence-corrected chi connectivity index (χ1v) is 18.3. The van der Waals surface area contributed by atoms with E-state index in [1.165, 1.54) is 54.7 Å². The summed E-state index contributed by atoms with van der Waals surface area (Å²) in [5, 5.41) is 5.00. The van der Waals surface area contributed by atoms with Crippen LogP contribution in [0.2, 0.25) is 0 Å². The molecule has 250 valence electrons. The molecule has 0 N–H and O–H groups in total. The summed E-state index contributed by atoms with van der Waals surface area (Å²) in [5.41, 5.74) is 14.6. The van der Waals surface area contributed by atoms with Gasteiger partial charge in [-0.05, 0) is 53.6 Å². The van der Waals surface area contributed by atoms with Crippen molar-refractivity contribution in [2.45, 2.75) is 19.3 Å². The number of para-hydroxylation sites is 3. The van der Waals surface area contributed by atoms with Crippen molar-refractivity contribution in [3.05, 3.63) is 181 Å². The highest BCUT2D eigenvalue weighted by Gasteiger charge is 2.39. The van der Waals surface area contributed by atoms with Crippen molar-refractivity contribution < 1.29 is 0 Å². The van der Waals surface area contributed by atoms with E-state index in [4.69, 9.17) is 9.97 Å². The van der Waals surface area contributed by atoms with Gasteiger partial charge in [0.15, 0.2) is 5.82 Å². The molecule has 0 fully saturated rings. The molecule has 3 aromatic heterocycles. The van der Waals surface area contributed by atoms with Crippen molar-refractivity contribution in [3.8, 4) is 45.1 Å². The van der Waals surface area contributed by atoms with Crippen molar-refractivity contribution in [3.63, 3.8) is 0 Å². The molecular formula is C49H34N4. The Labute approximate surface area is 307 Å². The number of nitrogens with zero attached hydrogens (tertiary/aromatic N) is 4. The molecular weight excluding hydrogens is 645 g/mol. The molecule has 0 amide bonds. The first-order valence-electron chi connectivity index (χ1n) is 18.3. The molecule has 53 heavy (non-hydrogen) atoms. The maximum Gasteiger partial charge on any atom is 0.160 e. The van der Waals surface area contributed by atoms with Gasteiger partial charge in [0.05, 0.1) is 33.5 Å². The summed E-state index contributed by atoms with van der Waals surface area (Å²) in [6.45, 7) is 4.56. The zero-order valence-electron chi connectivity index (χ0n) is 29.5. The highest BCUT2D eigenvalue weighted by Crippen LogP contribution is 2.51. The molecule has 3 heterocycles. The van der Waals surface area contributed by atoms with Gasteiger partial charge in [0.1, 0.15) is 0 Å². The van der Waals surface area contributed by atoms with Gasteiger partial charge in [-0.3, -0.25) is 0 Å². The first-order chi connectivity index (χ1) is 26.1. The number of aromatic nitrogens is 4. The van der Waals surface area contributed by atoms with E-state index in [-0.39, 0.29) is 5.41 Å². The topological polar surface area (TPSA) is 35.6 Å². The van der Waals surface area contributed by atoms with Crippen LogP contribution in [0.3, 0.4) is 0 Å². The third kappa shape index (κ3) is 4.24. The Hall–Kier alpha value is -6.78. The van der Waals surface area contributed by atoms with Gasteiger partial charge in [-0.1, -0.05) is 141 Å². The van der Waals surface area contributed by atoms with E-state index in [9.17, 15) is 0 Å². The summed E-state index contributed by atoms with van der Waals surface area (Å²) in [6, 6.07) is 60.9. The van der Waals surface area contributed by atoms with E-state index >= 15 is 0 Å². The van der Waals surface area contributed by atoms with Crippen LogP contribution in [-0.2, 0) is 5.41 Å². The fraction of sp³-hybridized carbons (Fsp3) is 0.0612. The second kappa shape index (κ2) is 11.1. The monoisotopic (exact) mass is 678 g/mol. The van der Waals surface area contributed by atoms with E-state index in [1.54, 1.807) is 0 Å². The molecule has 10 aromatic rings. The third-order valence-corrected chi connectivity index (χ3v) is 11.3. The lowest BCUT2D eigenvalue weighted by Crippen LogP contribution is -2.17. The molecule has 0 radical (unpaired) electrons. The van der Waals surface area contributed by atoms with Gasteiger partial charge in [-0.2, -0.15) is 0 Å². The summed E-state index contributed by atoms with van der Waals surface area (Å²) in [5.74, 6) is 0.754. The van der Waals surface area contributed by atoms with Crippen LogP contribution in [0.25, 0.3) is 88.8 Å². The third-order valence-electron chi connectivity index (χ3n) is 11.3. The summed E-state index contributed by atoms with van der Waals surface area (Å²) in [7, 11) is 0. The average molecular weight is 679 g/mol. The van der Waals surface area contributed by atoms with Crippen LogP contribution < -0.4 is 0 Å². The van der Waals surface area contributed by atoms with Crippen LogP contribution in [0.1, 0.15) is 25.1 Å². The molecule has 4 nitrogen and oxygen atoms in total. The lowest BCUT2D eigenvalue weighted by atomic mass is 9.85. The van der Waals surface area contributed by atoms with Crippen molar-refractivity contribution in [1.82, 2.24) is 19.1 Å². The lowest BCUT2D eigenvalue weighted by molar-refractivity contribution is 0.636. The Balaban J connectivity index is 1.15. The fourth-order valence-corrected chi connectivity index (χ4v) is 8.87. The number of hydrogen-bond donors (Lipinski definition) is 0. The Morgan fingerprint density at radius 3 is 1.85 bits per heavy atom. The molecule has 0 saturated carbocycles. The highest BCUT2D eigenvalue weighted by atomic mass is 15.0. The molecule has 0 bridgehead atoms. The minimum atomic E-state index is -0.246. The van der Waals surface area contributed by atoms with Crippen molar-refractivity contribution in [2.75, 3.05) is 0 Å². The average Bonchev–Trinajstić information content (AvgIpc) is 3.82. The molecule has 1 aliphatic carbocycles. The molecule has 0 saturated heterocycles. The van der Waals surface area contributed by atoms with Crippen LogP contribution in [0, 0.1) is 0 Å². The molecule has 0 aliphatic heterocycles. The predicted octanol–water partition coefficient (Wildman–Crippen LogP) is 12.3. The van der Waals surface area contributed by atoms with Crippen LogP contribution in [0.15, 0.2) is 170 Å². The summed E-state index contributed by atoms with van der Waals surface area (Å²) < 4.78 is 4.85. The number of hydrogen-bond acceptors (Lipinski definition) is 2. The predicted molar refractivity (Wildman–Crippen MR) is 219 cm³/mol. The Kier molecular flexibility index (Phi) is 6.27. The minimum Gasteiger partial charge on any atom is -0.309 e. The van der Waals surface area contributed by atoms with E-state index in [1.807, 2.05) is 6.07 Å². The molecule has 0 atom stereocenters. The first kappa shape index (κ1) is 29.9. The van der Waals surface area contributed by atoms with E-state index in [0.717, 1.165) is 45.3 Å². The second-order valence-corrected chi connectivity index (χ2v) is 14.6. The smallest absolute Gasteiger partial charge is 0.160 e. The quantitative estimate of drug-likeness (QED) is 0.186. The summed E-state index contributed by atoms with van der Waals surface area (Å²) in [4.78, 5) is 10.6. The molecule has 0 spiro atoms. The normalized spacial score (nSPS) is 13.2. The molecule has 7 aromatic carbocycles. The second-order valence-electron chi connectivity index (χ2n) is 14.6. The van der Waals surface area contributed by atoms with E-state index in [0.29, 0.717) is 0 Å². The number of benzene rings is 7. The maximum atomic E-state index is 5.31. The SMILES string of the molecule is CC1(C)c2ccccc2-c2c(-c3ccc(-n4c5ccccc5c5c4ccc4c6ccccc6n(-c6ccccc6)c45)cc3)nc(-c3ccccc3)nc21. The molecule has 4 heteroatoms. The molecule has 11 rings (SSSR count). The van der Waals surface area contributed by atoms with Gasteiger partial charge >= 0.3 is 0 Å². The van der Waals surface area contributed by atoms with Crippen LogP contribution in [0.5, 0.6) is 0 Å². The Morgan fingerprint density at radius 1 is 0.453 bits per heavy atom. The number of fused-ring (bicyclic) bond motifs is 10. The lowest BCUT2D eigenvalue weighted by Gasteiger charge is -2.21. The van der Waals surface area contributed by atoms with Crippen LogP contribution >= 0.6 is 0 Å². The van der Waals surface area contributed by atoms with E-state index < -0.39 is 0 Å². The Morgan fingerprint density at radius 2 is 1.08 bits per heavy atom. The van der Waals surface area contributed by atoms with Gasteiger partial charge in [0, 0.05) is 55.0 Å². The number of rotatable bonds is 4. The largest absolute Gasteiger partial charge is 0.309 e. The summed E-state index contributed by atoms with van der Waals surface area (Å²) in [6.07, 6.45) is 0. The van der Waals surface area contributed by atoms with Crippen molar-refractivity contribution in [1.29, 1.82) is 0 Å². The summed E-state index contributed by atoms with van der Waals surface area (Å²) >= 11 is 0. The Bertz CT molecular complexity index is 3060. The zero-order chi connectivity index (χ0) is 35.3. The standard InChI is InChI=1S/C49H34N4/c1-49(2)39-22-12-9-20-37(39)44-45(50-48(51-47(44)49)32-15-5-3-6-16-32)31-25-27-34(28-26-31)52-41-24-14-11-21-38(41)43-42(52)30-29-36-35-19-10-13-23-40(35)53(46(36)43)33-17-7-4-8-18-33/h3-30H,1-2H3. The van der Waals surface area contributed by atoms with E-state index in [2.05, 4.69) is 187 Å². The van der Waals surface area contributed by atoms with Gasteiger partial charge in [-0.15, -0.1) is 0 Å². The zero-order valence-corrected chi connectivity index (χ0v) is 29.5. The van der Waals surface area contributed by atoms with Crippen LogP contribution in [0.4, 0.5) is 0 Å². The van der Waals surface area contributed by atoms with Gasteiger partial charge in [-0.25, -0.2) is 9.97 Å². The van der Waals surface area contributed by atoms with Crippen molar-refractivity contribution in [2.24, 2.45) is 0 Å². The fourth-order valence-electron chi connectivity index (χ4n) is 8.87. The van der Waals surface area contributed by atoms with Crippen molar-refractivity contribution >= 4 is 43.6 Å². The van der Waals surface area contributed by atoms with Gasteiger partial charge in [0.2, 0.25) is 0 Å². The maximum absolute atomic E-state index is 5.31. The highest BCUT2D eigenvalue weighted by molar-refractivity contribution is 6.26. The van der Waals surface area contributed by atoms with Crippen LogP contribution in [-0.4, -0.2) is 19.1 Å². The molecule has 0 unspecified atom stereocenters. The van der Waals surface area contributed by atoms with Gasteiger partial charge < -0.3 is 9.13 Å². The minimum absolute atomic E-state index is 0.246.